The molecule has 78 valence electrons. The second-order valence-corrected chi connectivity index (χ2v) is 3.89. The van der Waals surface area contributed by atoms with Crippen molar-refractivity contribution in [3.63, 3.8) is 0 Å². The highest BCUT2D eigenvalue weighted by molar-refractivity contribution is 5.29. The number of methoxy groups -OCH3 is 1. The molecule has 0 amide bonds. The molecule has 1 aromatic rings. The van der Waals surface area contributed by atoms with E-state index >= 15 is 0 Å². The average molecular weight is 196 g/mol. The van der Waals surface area contributed by atoms with Gasteiger partial charge in [0.2, 0.25) is 0 Å². The van der Waals surface area contributed by atoms with Crippen molar-refractivity contribution in [2.24, 2.45) is 7.05 Å². The van der Waals surface area contributed by atoms with Crippen LogP contribution in [0.3, 0.4) is 0 Å². The summed E-state index contributed by atoms with van der Waals surface area (Å²) in [6.45, 7) is 0. The van der Waals surface area contributed by atoms with Gasteiger partial charge in [-0.15, -0.1) is 0 Å². The Morgan fingerprint density at radius 3 is 2.93 bits per heavy atom. The van der Waals surface area contributed by atoms with Crippen molar-refractivity contribution >= 4 is 0 Å². The van der Waals surface area contributed by atoms with Crippen LogP contribution in [0.25, 0.3) is 0 Å². The molecule has 0 saturated heterocycles. The fourth-order valence-corrected chi connectivity index (χ4v) is 2.26. The summed E-state index contributed by atoms with van der Waals surface area (Å²) in [6, 6.07) is 0. The molecule has 1 aliphatic rings. The van der Waals surface area contributed by atoms with E-state index in [4.69, 9.17) is 4.74 Å². The minimum atomic E-state index is -0.153. The minimum absolute atomic E-state index is 0.153. The number of aliphatic hydroxyl groups excluding tert-OH is 1. The summed E-state index contributed by atoms with van der Waals surface area (Å²) in [5.41, 5.74) is 1.11. The van der Waals surface area contributed by atoms with Crippen molar-refractivity contribution < 1.29 is 9.84 Å². The number of ether oxygens (including phenoxy) is 1. The van der Waals surface area contributed by atoms with E-state index in [2.05, 4.69) is 5.10 Å². The Morgan fingerprint density at radius 1 is 1.57 bits per heavy atom. The number of aryl methyl sites for hydroxylation is 1. The lowest BCUT2D eigenvalue weighted by Gasteiger charge is -2.11. The molecule has 1 fully saturated rings. The third kappa shape index (κ3) is 1.50. The highest BCUT2D eigenvalue weighted by atomic mass is 16.5. The summed E-state index contributed by atoms with van der Waals surface area (Å²) in [5.74, 6) is 1.24. The van der Waals surface area contributed by atoms with Crippen molar-refractivity contribution in [3.8, 4) is 5.75 Å². The van der Waals surface area contributed by atoms with Gasteiger partial charge in [-0.05, 0) is 19.3 Å². The predicted molar refractivity (Wildman–Crippen MR) is 52.4 cm³/mol. The van der Waals surface area contributed by atoms with E-state index in [1.54, 1.807) is 13.3 Å². The van der Waals surface area contributed by atoms with E-state index in [0.717, 1.165) is 30.7 Å². The second-order valence-electron chi connectivity index (χ2n) is 3.89. The van der Waals surface area contributed by atoms with Gasteiger partial charge < -0.3 is 9.84 Å². The first kappa shape index (κ1) is 9.52. The number of nitrogens with zero attached hydrogens (tertiary/aromatic N) is 2. The Bertz CT molecular complexity index is 322. The highest BCUT2D eigenvalue weighted by Crippen LogP contribution is 2.38. The summed E-state index contributed by atoms with van der Waals surface area (Å²) in [6.07, 6.45) is 4.33. The lowest BCUT2D eigenvalue weighted by atomic mass is 10.0. The molecule has 1 aliphatic carbocycles. The molecule has 4 nitrogen and oxygen atoms in total. The van der Waals surface area contributed by atoms with Crippen LogP contribution in [-0.2, 0) is 7.05 Å². The number of rotatable bonds is 2. The van der Waals surface area contributed by atoms with E-state index in [1.807, 2.05) is 11.7 Å². The van der Waals surface area contributed by atoms with Gasteiger partial charge in [-0.2, -0.15) is 5.10 Å². The maximum absolute atomic E-state index is 9.48. The number of hydrogen-bond donors (Lipinski definition) is 1. The van der Waals surface area contributed by atoms with Crippen LogP contribution < -0.4 is 4.74 Å². The van der Waals surface area contributed by atoms with E-state index in [0.29, 0.717) is 5.92 Å². The molecular weight excluding hydrogens is 180 g/mol. The van der Waals surface area contributed by atoms with Gasteiger partial charge in [0.25, 0.3) is 0 Å². The molecule has 1 aromatic heterocycles. The lowest BCUT2D eigenvalue weighted by Crippen LogP contribution is -2.06. The van der Waals surface area contributed by atoms with Crippen LogP contribution in [0.2, 0.25) is 0 Å². The molecule has 0 spiro atoms. The normalized spacial score (nSPS) is 26.8. The zero-order valence-electron chi connectivity index (χ0n) is 8.60. The number of hydrogen-bond acceptors (Lipinski definition) is 3. The average Bonchev–Trinajstić information content (AvgIpc) is 2.71. The molecule has 0 bridgehead atoms. The van der Waals surface area contributed by atoms with Crippen LogP contribution in [0, 0.1) is 0 Å². The van der Waals surface area contributed by atoms with Crippen LogP contribution in [0.1, 0.15) is 30.9 Å². The van der Waals surface area contributed by atoms with Gasteiger partial charge in [-0.25, -0.2) is 0 Å². The largest absolute Gasteiger partial charge is 0.493 e. The molecule has 1 N–H and O–H groups in total. The first-order valence-corrected chi connectivity index (χ1v) is 4.96. The zero-order chi connectivity index (χ0) is 10.1. The highest BCUT2D eigenvalue weighted by Gasteiger charge is 2.28. The molecular formula is C10H16N2O2. The summed E-state index contributed by atoms with van der Waals surface area (Å²) >= 11 is 0. The number of aliphatic hydroxyl groups is 1. The van der Waals surface area contributed by atoms with Gasteiger partial charge in [-0.1, -0.05) is 0 Å². The second kappa shape index (κ2) is 3.61. The van der Waals surface area contributed by atoms with Crippen LogP contribution in [0.15, 0.2) is 6.20 Å². The zero-order valence-corrected chi connectivity index (χ0v) is 8.60. The molecule has 0 radical (unpaired) electrons. The maximum Gasteiger partial charge on any atom is 0.160 e. The standard InChI is InChI=1S/C10H16N2O2/c1-12-10(9(14-2)6-11-12)7-3-4-8(13)5-7/h6-8,13H,3-5H2,1-2H3. The first-order valence-electron chi connectivity index (χ1n) is 4.96. The van der Waals surface area contributed by atoms with Crippen LogP contribution in [0.5, 0.6) is 5.75 Å². The Balaban J connectivity index is 2.26. The van der Waals surface area contributed by atoms with Crippen molar-refractivity contribution in [1.82, 2.24) is 9.78 Å². The summed E-state index contributed by atoms with van der Waals surface area (Å²) in [7, 11) is 3.58. The first-order chi connectivity index (χ1) is 6.72. The van der Waals surface area contributed by atoms with Gasteiger partial charge in [0.1, 0.15) is 0 Å². The van der Waals surface area contributed by atoms with Crippen molar-refractivity contribution in [2.45, 2.75) is 31.3 Å². The topological polar surface area (TPSA) is 47.3 Å². The molecule has 2 atom stereocenters. The van der Waals surface area contributed by atoms with Crippen LogP contribution >= 0.6 is 0 Å². The summed E-state index contributed by atoms with van der Waals surface area (Å²) in [5, 5.41) is 13.6. The van der Waals surface area contributed by atoms with E-state index < -0.39 is 0 Å². The summed E-state index contributed by atoms with van der Waals surface area (Å²) in [4.78, 5) is 0. The molecule has 1 heterocycles. The Morgan fingerprint density at radius 2 is 2.36 bits per heavy atom. The van der Waals surface area contributed by atoms with Gasteiger partial charge in [0.05, 0.1) is 25.1 Å². The molecule has 2 rings (SSSR count). The predicted octanol–water partition coefficient (Wildman–Crippen LogP) is 1.06. The molecule has 2 unspecified atom stereocenters. The van der Waals surface area contributed by atoms with Gasteiger partial charge in [0.15, 0.2) is 5.75 Å². The van der Waals surface area contributed by atoms with E-state index in [-0.39, 0.29) is 6.10 Å². The lowest BCUT2D eigenvalue weighted by molar-refractivity contribution is 0.181. The van der Waals surface area contributed by atoms with Crippen LogP contribution in [0.4, 0.5) is 0 Å². The minimum Gasteiger partial charge on any atom is -0.493 e. The third-order valence-corrected chi connectivity index (χ3v) is 2.96. The fourth-order valence-electron chi connectivity index (χ4n) is 2.26. The van der Waals surface area contributed by atoms with Crippen molar-refractivity contribution in [3.05, 3.63) is 11.9 Å². The molecule has 0 aromatic carbocycles. The van der Waals surface area contributed by atoms with E-state index in [9.17, 15) is 5.11 Å². The summed E-state index contributed by atoms with van der Waals surface area (Å²) < 4.78 is 7.10. The molecule has 14 heavy (non-hydrogen) atoms. The Hall–Kier alpha value is -1.03. The fraction of sp³-hybridized carbons (Fsp3) is 0.700. The quantitative estimate of drug-likeness (QED) is 0.769. The van der Waals surface area contributed by atoms with Gasteiger partial charge >= 0.3 is 0 Å². The van der Waals surface area contributed by atoms with Crippen LogP contribution in [-0.4, -0.2) is 28.1 Å². The molecule has 0 aliphatic heterocycles. The Labute approximate surface area is 83.5 Å². The smallest absolute Gasteiger partial charge is 0.160 e. The van der Waals surface area contributed by atoms with Gasteiger partial charge in [-0.3, -0.25) is 4.68 Å². The maximum atomic E-state index is 9.48. The monoisotopic (exact) mass is 196 g/mol. The van der Waals surface area contributed by atoms with Gasteiger partial charge in [0, 0.05) is 13.0 Å². The van der Waals surface area contributed by atoms with E-state index in [1.165, 1.54) is 0 Å². The molecule has 4 heteroatoms. The van der Waals surface area contributed by atoms with Crippen molar-refractivity contribution in [1.29, 1.82) is 0 Å². The van der Waals surface area contributed by atoms with Crippen molar-refractivity contribution in [2.75, 3.05) is 7.11 Å². The number of aromatic nitrogens is 2. The Kier molecular flexibility index (Phi) is 2.46. The molecule has 1 saturated carbocycles. The SMILES string of the molecule is COc1cnn(C)c1C1CCC(O)C1. The third-order valence-electron chi connectivity index (χ3n) is 2.96.